The fraction of sp³-hybridized carbons (Fsp3) is 0.438. The van der Waals surface area contributed by atoms with E-state index in [0.29, 0.717) is 24.4 Å². The van der Waals surface area contributed by atoms with Gasteiger partial charge in [-0.2, -0.15) is 13.9 Å². The van der Waals surface area contributed by atoms with Crippen molar-refractivity contribution < 1.29 is 18.3 Å². The first-order valence-electron chi connectivity index (χ1n) is 7.76. The molecule has 0 aliphatic carbocycles. The molecule has 1 fully saturated rings. The van der Waals surface area contributed by atoms with Crippen molar-refractivity contribution in [2.75, 3.05) is 13.1 Å². The molecule has 0 aromatic carbocycles. The van der Waals surface area contributed by atoms with Gasteiger partial charge in [0.15, 0.2) is 5.69 Å². The van der Waals surface area contributed by atoms with Crippen molar-refractivity contribution in [1.82, 2.24) is 19.7 Å². The fourth-order valence-corrected chi connectivity index (χ4v) is 2.68. The molecule has 0 bridgehead atoms. The molecule has 0 spiro atoms. The highest BCUT2D eigenvalue weighted by molar-refractivity contribution is 5.92. The molecule has 1 saturated heterocycles. The Morgan fingerprint density at radius 2 is 2.29 bits per heavy atom. The number of halogens is 2. The van der Waals surface area contributed by atoms with Crippen LogP contribution in [0.2, 0.25) is 0 Å². The molecule has 1 atom stereocenters. The molecule has 0 saturated carbocycles. The first kappa shape index (κ1) is 16.5. The van der Waals surface area contributed by atoms with E-state index >= 15 is 0 Å². The fourth-order valence-electron chi connectivity index (χ4n) is 2.68. The monoisotopic (exact) mass is 336 g/mol. The van der Waals surface area contributed by atoms with Gasteiger partial charge in [0.05, 0.1) is 12.7 Å². The van der Waals surface area contributed by atoms with Gasteiger partial charge < -0.3 is 9.64 Å². The first-order chi connectivity index (χ1) is 11.6. The minimum Gasteiger partial charge on any atom is -0.372 e. The van der Waals surface area contributed by atoms with E-state index in [1.165, 1.54) is 6.07 Å². The average molecular weight is 336 g/mol. The lowest BCUT2D eigenvalue weighted by atomic mass is 10.1. The number of nitrogens with zero attached hydrogens (tertiary/aromatic N) is 4. The van der Waals surface area contributed by atoms with E-state index in [2.05, 4.69) is 10.1 Å². The smallest absolute Gasteiger partial charge is 0.333 e. The summed E-state index contributed by atoms with van der Waals surface area (Å²) in [6.07, 6.45) is 6.12. The van der Waals surface area contributed by atoms with Gasteiger partial charge in [-0.05, 0) is 30.5 Å². The van der Waals surface area contributed by atoms with Gasteiger partial charge in [-0.3, -0.25) is 9.78 Å². The highest BCUT2D eigenvalue weighted by Crippen LogP contribution is 2.18. The van der Waals surface area contributed by atoms with Gasteiger partial charge in [0.2, 0.25) is 0 Å². The van der Waals surface area contributed by atoms with Crippen molar-refractivity contribution in [2.24, 2.45) is 0 Å². The summed E-state index contributed by atoms with van der Waals surface area (Å²) in [6, 6.07) is 5.08. The number of piperidine rings is 1. The third-order valence-electron chi connectivity index (χ3n) is 3.90. The molecule has 6 nitrogen and oxygen atoms in total. The molecule has 1 aliphatic rings. The van der Waals surface area contributed by atoms with Gasteiger partial charge in [-0.15, -0.1) is 0 Å². The Hall–Kier alpha value is -2.35. The maximum absolute atomic E-state index is 12.6. The Balaban J connectivity index is 1.57. The number of pyridine rings is 1. The molecule has 2 aromatic rings. The maximum atomic E-state index is 12.6. The van der Waals surface area contributed by atoms with Gasteiger partial charge in [0.1, 0.15) is 0 Å². The van der Waals surface area contributed by atoms with Crippen molar-refractivity contribution in [2.45, 2.75) is 32.1 Å². The zero-order chi connectivity index (χ0) is 16.9. The van der Waals surface area contributed by atoms with Crippen molar-refractivity contribution in [1.29, 1.82) is 0 Å². The second kappa shape index (κ2) is 7.48. The standard InChI is InChI=1S/C16H18F2N4O2/c17-16(18)22-8-5-14(20-22)15(23)21-7-2-4-13(10-21)24-11-12-3-1-6-19-9-12/h1,3,5-6,8-9,13,16H,2,4,7,10-11H2. The highest BCUT2D eigenvalue weighted by Gasteiger charge is 2.26. The first-order valence-corrected chi connectivity index (χ1v) is 7.76. The van der Waals surface area contributed by atoms with Crippen LogP contribution in [0.15, 0.2) is 36.8 Å². The molecule has 0 radical (unpaired) electrons. The summed E-state index contributed by atoms with van der Waals surface area (Å²) in [7, 11) is 0. The summed E-state index contributed by atoms with van der Waals surface area (Å²) in [5, 5.41) is 3.63. The molecule has 2 aromatic heterocycles. The lowest BCUT2D eigenvalue weighted by Crippen LogP contribution is -2.43. The van der Waals surface area contributed by atoms with Crippen LogP contribution in [-0.2, 0) is 11.3 Å². The molecule has 1 aliphatic heterocycles. The molecular weight excluding hydrogens is 318 g/mol. The molecule has 1 amide bonds. The average Bonchev–Trinajstić information content (AvgIpc) is 3.11. The van der Waals surface area contributed by atoms with Crippen LogP contribution in [0.25, 0.3) is 0 Å². The minimum atomic E-state index is -2.75. The van der Waals surface area contributed by atoms with Crippen LogP contribution in [0.3, 0.4) is 0 Å². The van der Waals surface area contributed by atoms with E-state index in [9.17, 15) is 13.6 Å². The van der Waals surface area contributed by atoms with Gasteiger partial charge in [0, 0.05) is 31.7 Å². The molecule has 128 valence electrons. The van der Waals surface area contributed by atoms with Gasteiger partial charge in [-0.25, -0.2) is 4.68 Å². The molecular formula is C16H18F2N4O2. The Labute approximate surface area is 138 Å². The SMILES string of the molecule is O=C(c1ccn(C(F)F)n1)N1CCCC(OCc2cccnc2)C1. The summed E-state index contributed by atoms with van der Waals surface area (Å²) in [6.45, 7) is -1.31. The molecule has 0 N–H and O–H groups in total. The van der Waals surface area contributed by atoms with E-state index in [1.807, 2.05) is 12.1 Å². The maximum Gasteiger partial charge on any atom is 0.333 e. The number of aromatic nitrogens is 3. The molecule has 3 heterocycles. The van der Waals surface area contributed by atoms with Crippen molar-refractivity contribution in [3.63, 3.8) is 0 Å². The summed E-state index contributed by atoms with van der Waals surface area (Å²) in [5.74, 6) is -0.343. The Morgan fingerprint density at radius 3 is 3.00 bits per heavy atom. The molecule has 8 heteroatoms. The number of hydrogen-bond donors (Lipinski definition) is 0. The van der Waals surface area contributed by atoms with Crippen LogP contribution in [0.5, 0.6) is 0 Å². The third-order valence-corrected chi connectivity index (χ3v) is 3.90. The Bertz CT molecular complexity index is 678. The largest absolute Gasteiger partial charge is 0.372 e. The number of carbonyl (C=O) groups is 1. The van der Waals surface area contributed by atoms with Crippen LogP contribution in [0.1, 0.15) is 35.4 Å². The van der Waals surface area contributed by atoms with E-state index in [0.717, 1.165) is 24.6 Å². The number of hydrogen-bond acceptors (Lipinski definition) is 4. The van der Waals surface area contributed by atoms with Gasteiger partial charge in [-0.1, -0.05) is 6.07 Å². The van der Waals surface area contributed by atoms with Crippen LogP contribution in [0.4, 0.5) is 8.78 Å². The van der Waals surface area contributed by atoms with Crippen LogP contribution in [-0.4, -0.2) is 44.8 Å². The third kappa shape index (κ3) is 3.94. The van der Waals surface area contributed by atoms with E-state index in [-0.39, 0.29) is 17.7 Å². The topological polar surface area (TPSA) is 60.2 Å². The summed E-state index contributed by atoms with van der Waals surface area (Å²) >= 11 is 0. The Morgan fingerprint density at radius 1 is 1.42 bits per heavy atom. The van der Waals surface area contributed by atoms with Gasteiger partial charge >= 0.3 is 6.55 Å². The number of ether oxygens (including phenoxy) is 1. The van der Waals surface area contributed by atoms with Crippen molar-refractivity contribution in [3.05, 3.63) is 48.0 Å². The lowest BCUT2D eigenvalue weighted by Gasteiger charge is -2.32. The summed E-state index contributed by atoms with van der Waals surface area (Å²) in [5.41, 5.74) is 1.000. The van der Waals surface area contributed by atoms with Crippen LogP contribution < -0.4 is 0 Å². The number of likely N-dealkylation sites (tertiary alicyclic amines) is 1. The van der Waals surface area contributed by atoms with Crippen LogP contribution >= 0.6 is 0 Å². The lowest BCUT2D eigenvalue weighted by molar-refractivity contribution is -0.00711. The zero-order valence-electron chi connectivity index (χ0n) is 13.0. The Kier molecular flexibility index (Phi) is 5.14. The van der Waals surface area contributed by atoms with E-state index in [1.54, 1.807) is 17.3 Å². The number of amides is 1. The predicted octanol–water partition coefficient (Wildman–Crippen LogP) is 2.49. The quantitative estimate of drug-likeness (QED) is 0.842. The second-order valence-electron chi connectivity index (χ2n) is 5.65. The number of alkyl halides is 2. The van der Waals surface area contributed by atoms with Gasteiger partial charge in [0.25, 0.3) is 5.91 Å². The normalized spacial score (nSPS) is 18.1. The minimum absolute atomic E-state index is 0.0307. The van der Waals surface area contributed by atoms with E-state index in [4.69, 9.17) is 4.74 Å². The van der Waals surface area contributed by atoms with Crippen molar-refractivity contribution >= 4 is 5.91 Å². The second-order valence-corrected chi connectivity index (χ2v) is 5.65. The predicted molar refractivity (Wildman–Crippen MR) is 81.4 cm³/mol. The number of carbonyl (C=O) groups excluding carboxylic acids is 1. The van der Waals surface area contributed by atoms with Crippen LogP contribution in [0, 0.1) is 0 Å². The van der Waals surface area contributed by atoms with Crippen molar-refractivity contribution in [3.8, 4) is 0 Å². The summed E-state index contributed by atoms with van der Waals surface area (Å²) < 4.78 is 31.4. The summed E-state index contributed by atoms with van der Waals surface area (Å²) in [4.78, 5) is 18.0. The zero-order valence-corrected chi connectivity index (χ0v) is 13.0. The molecule has 24 heavy (non-hydrogen) atoms. The molecule has 3 rings (SSSR count). The van der Waals surface area contributed by atoms with E-state index < -0.39 is 6.55 Å². The molecule has 1 unspecified atom stereocenters. The number of rotatable bonds is 5. The highest BCUT2D eigenvalue weighted by atomic mass is 19.3.